The lowest BCUT2D eigenvalue weighted by atomic mass is 10.1. The number of likely N-dealkylation sites (tertiary alicyclic amines) is 1. The second-order valence-corrected chi connectivity index (χ2v) is 9.24. The third-order valence-electron chi connectivity index (χ3n) is 4.74. The molecule has 10 heteroatoms. The van der Waals surface area contributed by atoms with E-state index in [0.717, 1.165) is 10.8 Å². The monoisotopic (exact) mass is 503 g/mol. The van der Waals surface area contributed by atoms with E-state index in [2.05, 4.69) is 31.4 Å². The Labute approximate surface area is 214 Å². The van der Waals surface area contributed by atoms with E-state index in [9.17, 15) is 24.4 Å². The molecule has 1 aliphatic heterocycles. The zero-order valence-electron chi connectivity index (χ0n) is 22.2. The Morgan fingerprint density at radius 3 is 2.25 bits per heavy atom. The van der Waals surface area contributed by atoms with Gasteiger partial charge >= 0.3 is 0 Å². The molecule has 3 N–H and O–H groups in total. The van der Waals surface area contributed by atoms with Gasteiger partial charge in [0.05, 0.1) is 31.1 Å². The number of likely N-dealkylation sites (N-methyl/N-ethyl adjacent to an activating group) is 2. The fourth-order valence-corrected chi connectivity index (χ4v) is 3.09. The molecule has 0 aromatic heterocycles. The zero-order valence-corrected chi connectivity index (χ0v) is 22.2. The van der Waals surface area contributed by atoms with Crippen molar-refractivity contribution in [1.82, 2.24) is 15.1 Å². The molecule has 3 unspecified atom stereocenters. The molecule has 0 radical (unpaired) electrons. The minimum absolute atomic E-state index is 0.117. The van der Waals surface area contributed by atoms with Gasteiger partial charge in [0.15, 0.2) is 0 Å². The SMILES string of the molecule is CC(C)C.CN(CC(=O)N1CC(C(=O)Nc2ccccc2)CC1C#N)C(=O)CC=O.CNCC(C)O. The fraction of sp³-hybridized carbons (Fsp3) is 0.577. The van der Waals surface area contributed by atoms with Crippen LogP contribution >= 0.6 is 0 Å². The van der Waals surface area contributed by atoms with Crippen LogP contribution in [0.15, 0.2) is 30.3 Å². The van der Waals surface area contributed by atoms with E-state index >= 15 is 0 Å². The minimum Gasteiger partial charge on any atom is -0.392 e. The molecule has 10 nitrogen and oxygen atoms in total. The number of nitrogens with one attached hydrogen (secondary N) is 2. The highest BCUT2D eigenvalue weighted by Gasteiger charge is 2.39. The zero-order chi connectivity index (χ0) is 27.7. The number of aliphatic hydroxyl groups is 1. The van der Waals surface area contributed by atoms with Crippen LogP contribution in [0.3, 0.4) is 0 Å². The Bertz CT molecular complexity index is 851. The predicted molar refractivity (Wildman–Crippen MR) is 139 cm³/mol. The van der Waals surface area contributed by atoms with Crippen LogP contribution < -0.4 is 10.6 Å². The van der Waals surface area contributed by atoms with Gasteiger partial charge in [0.2, 0.25) is 17.7 Å². The molecule has 200 valence electrons. The van der Waals surface area contributed by atoms with E-state index in [0.29, 0.717) is 18.5 Å². The minimum atomic E-state index is -0.719. The first-order valence-electron chi connectivity index (χ1n) is 12.0. The second-order valence-electron chi connectivity index (χ2n) is 9.24. The molecular weight excluding hydrogens is 462 g/mol. The summed E-state index contributed by atoms with van der Waals surface area (Å²) < 4.78 is 0. The summed E-state index contributed by atoms with van der Waals surface area (Å²) in [7, 11) is 3.23. The first-order valence-corrected chi connectivity index (χ1v) is 12.0. The molecular formula is C26H41N5O5. The largest absolute Gasteiger partial charge is 0.392 e. The summed E-state index contributed by atoms with van der Waals surface area (Å²) in [4.78, 5) is 49.3. The van der Waals surface area contributed by atoms with Gasteiger partial charge in [-0.1, -0.05) is 39.0 Å². The summed E-state index contributed by atoms with van der Waals surface area (Å²) in [6.45, 7) is 8.81. The molecule has 1 heterocycles. The van der Waals surface area contributed by atoms with Crippen molar-refractivity contribution >= 4 is 29.7 Å². The van der Waals surface area contributed by atoms with Gasteiger partial charge in [-0.25, -0.2) is 0 Å². The standard InChI is InChI=1S/C18H20N4O4.C4H11NO.C4H10/c1-21(16(24)7-8-23)12-17(25)22-11-13(9-15(22)10-19)18(26)20-14-5-3-2-4-6-14;1-4(6)3-5-2;1-4(2)3/h2-6,8,13,15H,7,9,11-12H2,1H3,(H,20,26);4-6H,3H2,1-2H3;4H,1-3H3. The lowest BCUT2D eigenvalue weighted by Gasteiger charge is -2.23. The number of aliphatic hydroxyl groups excluding tert-OH is 1. The highest BCUT2D eigenvalue weighted by Crippen LogP contribution is 2.24. The van der Waals surface area contributed by atoms with E-state index in [-0.39, 0.29) is 37.9 Å². The molecule has 1 aromatic carbocycles. The maximum absolute atomic E-state index is 12.4. The Kier molecular flexibility index (Phi) is 16.4. The summed E-state index contributed by atoms with van der Waals surface area (Å²) in [6.07, 6.45) is 0.205. The number of carbonyl (C=O) groups is 4. The van der Waals surface area contributed by atoms with Crippen molar-refractivity contribution in [1.29, 1.82) is 5.26 Å². The van der Waals surface area contributed by atoms with Gasteiger partial charge in [0.1, 0.15) is 12.3 Å². The number of nitrogens with zero attached hydrogens (tertiary/aromatic N) is 3. The van der Waals surface area contributed by atoms with E-state index < -0.39 is 23.8 Å². The Morgan fingerprint density at radius 1 is 1.22 bits per heavy atom. The van der Waals surface area contributed by atoms with Gasteiger partial charge < -0.3 is 30.3 Å². The number of anilines is 1. The molecule has 0 bridgehead atoms. The highest BCUT2D eigenvalue weighted by molar-refractivity contribution is 5.94. The number of nitriles is 1. The van der Waals surface area contributed by atoms with Crippen molar-refractivity contribution in [2.75, 3.05) is 39.0 Å². The van der Waals surface area contributed by atoms with Gasteiger partial charge in [-0.3, -0.25) is 14.4 Å². The summed E-state index contributed by atoms with van der Waals surface area (Å²) in [5.41, 5.74) is 0.648. The average molecular weight is 504 g/mol. The number of carbonyl (C=O) groups excluding carboxylic acids is 4. The second kappa shape index (κ2) is 18.0. The highest BCUT2D eigenvalue weighted by atomic mass is 16.3. The van der Waals surface area contributed by atoms with E-state index in [1.807, 2.05) is 19.2 Å². The molecule has 0 spiro atoms. The van der Waals surface area contributed by atoms with Gasteiger partial charge in [-0.05, 0) is 38.4 Å². The Morgan fingerprint density at radius 2 is 1.81 bits per heavy atom. The molecule has 3 amide bonds. The maximum Gasteiger partial charge on any atom is 0.243 e. The number of aldehydes is 1. The average Bonchev–Trinajstić information content (AvgIpc) is 3.25. The van der Waals surface area contributed by atoms with Crippen LogP contribution in [0.1, 0.15) is 40.5 Å². The first kappa shape index (κ1) is 32.7. The summed E-state index contributed by atoms with van der Waals surface area (Å²) >= 11 is 0. The van der Waals surface area contributed by atoms with Crippen LogP contribution in [0.2, 0.25) is 0 Å². The van der Waals surface area contributed by atoms with Crippen molar-refractivity contribution < 1.29 is 24.3 Å². The summed E-state index contributed by atoms with van der Waals surface area (Å²) in [5, 5.41) is 23.4. The molecule has 0 saturated carbocycles. The van der Waals surface area contributed by atoms with E-state index in [1.165, 1.54) is 11.9 Å². The molecule has 2 rings (SSSR count). The molecule has 0 aliphatic carbocycles. The van der Waals surface area contributed by atoms with Crippen LogP contribution in [-0.4, -0.2) is 84.8 Å². The van der Waals surface area contributed by atoms with Crippen molar-refractivity contribution in [3.05, 3.63) is 30.3 Å². The summed E-state index contributed by atoms with van der Waals surface area (Å²) in [5.74, 6) is -0.815. The third kappa shape index (κ3) is 13.6. The van der Waals surface area contributed by atoms with Gasteiger partial charge in [-0.2, -0.15) is 5.26 Å². The van der Waals surface area contributed by atoms with Crippen molar-refractivity contribution in [3.63, 3.8) is 0 Å². The van der Waals surface area contributed by atoms with Crippen LogP contribution in [0.5, 0.6) is 0 Å². The van der Waals surface area contributed by atoms with Crippen molar-refractivity contribution in [2.45, 2.75) is 52.7 Å². The predicted octanol–water partition coefficient (Wildman–Crippen LogP) is 1.66. The van der Waals surface area contributed by atoms with Crippen molar-refractivity contribution in [2.24, 2.45) is 11.8 Å². The number of hydrogen-bond donors (Lipinski definition) is 3. The Hall–Kier alpha value is -3.29. The van der Waals surface area contributed by atoms with Gasteiger partial charge in [0.25, 0.3) is 0 Å². The van der Waals surface area contributed by atoms with Crippen molar-refractivity contribution in [3.8, 4) is 6.07 Å². The smallest absolute Gasteiger partial charge is 0.243 e. The van der Waals surface area contributed by atoms with Gasteiger partial charge in [-0.15, -0.1) is 0 Å². The normalized spacial score (nSPS) is 16.9. The van der Waals surface area contributed by atoms with Gasteiger partial charge in [0, 0.05) is 25.8 Å². The molecule has 1 aliphatic rings. The molecule has 1 aromatic rings. The first-order chi connectivity index (χ1) is 17.0. The third-order valence-corrected chi connectivity index (χ3v) is 4.74. The lowest BCUT2D eigenvalue weighted by molar-refractivity contribution is -0.140. The molecule has 36 heavy (non-hydrogen) atoms. The summed E-state index contributed by atoms with van der Waals surface area (Å²) in [6, 6.07) is 10.3. The van der Waals surface area contributed by atoms with Crippen LogP contribution in [0.4, 0.5) is 5.69 Å². The Balaban J connectivity index is 0.00000104. The number of amides is 3. The van der Waals surface area contributed by atoms with E-state index in [1.54, 1.807) is 31.2 Å². The fourth-order valence-electron chi connectivity index (χ4n) is 3.09. The van der Waals surface area contributed by atoms with Crippen LogP contribution in [0, 0.1) is 23.2 Å². The molecule has 1 saturated heterocycles. The molecule has 3 atom stereocenters. The number of benzene rings is 1. The van der Waals surface area contributed by atoms with E-state index in [4.69, 9.17) is 5.11 Å². The number of hydrogen-bond acceptors (Lipinski definition) is 7. The molecule has 1 fully saturated rings. The van der Waals surface area contributed by atoms with Crippen LogP contribution in [-0.2, 0) is 19.2 Å². The quantitative estimate of drug-likeness (QED) is 0.362. The topological polar surface area (TPSA) is 143 Å². The maximum atomic E-state index is 12.4. The van der Waals surface area contributed by atoms with Crippen LogP contribution in [0.25, 0.3) is 0 Å². The number of rotatable bonds is 8. The lowest BCUT2D eigenvalue weighted by Crippen LogP contribution is -2.43. The number of para-hydroxylation sites is 1.